The van der Waals surface area contributed by atoms with Crippen molar-refractivity contribution in [2.45, 2.75) is 64.5 Å². The molecule has 2 N–H and O–H groups in total. The number of hydrogen-bond donors (Lipinski definition) is 1. The lowest BCUT2D eigenvalue weighted by atomic mass is 9.89. The summed E-state index contributed by atoms with van der Waals surface area (Å²) in [5.74, 6) is 0.751. The number of rotatable bonds is 5. The fourth-order valence-corrected chi connectivity index (χ4v) is 6.26. The highest BCUT2D eigenvalue weighted by atomic mass is 15.2. The number of nitrogens with zero attached hydrogens (tertiary/aromatic N) is 4. The van der Waals surface area contributed by atoms with E-state index in [4.69, 9.17) is 10.7 Å². The van der Waals surface area contributed by atoms with Crippen molar-refractivity contribution in [1.29, 1.82) is 0 Å². The van der Waals surface area contributed by atoms with Crippen molar-refractivity contribution >= 4 is 22.2 Å². The van der Waals surface area contributed by atoms with E-state index in [0.717, 1.165) is 61.0 Å². The van der Waals surface area contributed by atoms with Gasteiger partial charge in [-0.05, 0) is 62.8 Å². The summed E-state index contributed by atoms with van der Waals surface area (Å²) < 4.78 is 4.76. The Balaban J connectivity index is 1.39. The Morgan fingerprint density at radius 3 is 2.71 bits per heavy atom. The highest BCUT2D eigenvalue weighted by molar-refractivity contribution is 5.87. The fraction of sp³-hybridized carbons (Fsp3) is 0.433. The smallest absolute Gasteiger partial charge is 0.138 e. The number of benzene rings is 1. The molecule has 35 heavy (non-hydrogen) atoms. The van der Waals surface area contributed by atoms with Gasteiger partial charge in [-0.15, -0.1) is 0 Å². The van der Waals surface area contributed by atoms with Crippen molar-refractivity contribution in [2.75, 3.05) is 13.1 Å². The average molecular weight is 468 g/mol. The van der Waals surface area contributed by atoms with Crippen molar-refractivity contribution in [1.82, 2.24) is 18.9 Å². The van der Waals surface area contributed by atoms with Crippen LogP contribution < -0.4 is 5.73 Å². The third-order valence-corrected chi connectivity index (χ3v) is 8.26. The van der Waals surface area contributed by atoms with Crippen LogP contribution in [0.3, 0.4) is 0 Å². The van der Waals surface area contributed by atoms with Crippen molar-refractivity contribution < 1.29 is 0 Å². The first-order valence-electron chi connectivity index (χ1n) is 13.4. The van der Waals surface area contributed by atoms with E-state index in [2.05, 4.69) is 76.0 Å². The Hall–Kier alpha value is -3.05. The van der Waals surface area contributed by atoms with Gasteiger partial charge in [-0.2, -0.15) is 0 Å². The topological polar surface area (TPSA) is 51.5 Å². The first-order valence-corrected chi connectivity index (χ1v) is 13.4. The number of fused-ring (bicyclic) bond motifs is 2. The van der Waals surface area contributed by atoms with Gasteiger partial charge in [-0.3, -0.25) is 0 Å². The van der Waals surface area contributed by atoms with E-state index >= 15 is 0 Å². The molecule has 4 aromatic rings. The van der Waals surface area contributed by atoms with Gasteiger partial charge in [0.15, 0.2) is 0 Å². The Morgan fingerprint density at radius 1 is 1.06 bits per heavy atom. The number of nitrogens with two attached hydrogens (primary N) is 1. The number of aromatic nitrogens is 3. The zero-order chi connectivity index (χ0) is 23.9. The third-order valence-electron chi connectivity index (χ3n) is 8.26. The number of likely N-dealkylation sites (tertiary alicyclic amines) is 1. The van der Waals surface area contributed by atoms with Crippen LogP contribution >= 0.6 is 0 Å². The molecule has 0 spiro atoms. The summed E-state index contributed by atoms with van der Waals surface area (Å²) in [7, 11) is 0. The summed E-state index contributed by atoms with van der Waals surface area (Å²) in [6.07, 6.45) is 11.2. The lowest BCUT2D eigenvalue weighted by Crippen LogP contribution is -2.41. The van der Waals surface area contributed by atoms with Crippen molar-refractivity contribution in [3.8, 4) is 11.4 Å². The van der Waals surface area contributed by atoms with E-state index in [-0.39, 0.29) is 6.04 Å². The van der Waals surface area contributed by atoms with E-state index in [0.29, 0.717) is 0 Å². The molecule has 182 valence electrons. The molecule has 0 amide bonds. The van der Waals surface area contributed by atoms with Gasteiger partial charge >= 0.3 is 0 Å². The molecule has 1 aliphatic carbocycles. The maximum atomic E-state index is 6.23. The van der Waals surface area contributed by atoms with E-state index < -0.39 is 0 Å². The van der Waals surface area contributed by atoms with Gasteiger partial charge in [0.1, 0.15) is 11.3 Å². The van der Waals surface area contributed by atoms with Crippen LogP contribution in [0.1, 0.15) is 56.2 Å². The highest BCUT2D eigenvalue weighted by Gasteiger charge is 2.22. The molecule has 1 aliphatic heterocycles. The number of hydrogen-bond acceptors (Lipinski definition) is 3. The molecular formula is C30H37N5. The molecule has 1 unspecified atom stereocenters. The summed E-state index contributed by atoms with van der Waals surface area (Å²) in [6.45, 7) is 9.59. The second kappa shape index (κ2) is 9.19. The van der Waals surface area contributed by atoms with Gasteiger partial charge in [0.2, 0.25) is 0 Å². The summed E-state index contributed by atoms with van der Waals surface area (Å²) >= 11 is 0. The summed E-state index contributed by atoms with van der Waals surface area (Å²) in [5.41, 5.74) is 14.2. The third kappa shape index (κ3) is 4.16. The second-order valence-electron chi connectivity index (χ2n) is 10.7. The van der Waals surface area contributed by atoms with Crippen molar-refractivity contribution in [2.24, 2.45) is 11.7 Å². The minimum atomic E-state index is 0.232. The normalized spacial score (nSPS) is 19.6. The Bertz CT molecular complexity index is 1370. The molecule has 0 radical (unpaired) electrons. The minimum Gasteiger partial charge on any atom is -0.370 e. The number of para-hydroxylation sites is 1. The maximum Gasteiger partial charge on any atom is 0.138 e. The first-order chi connectivity index (χ1) is 17.1. The number of pyridine rings is 1. The lowest BCUT2D eigenvalue weighted by Gasteiger charge is -2.34. The van der Waals surface area contributed by atoms with Gasteiger partial charge in [0, 0.05) is 59.7 Å². The molecule has 1 aromatic carbocycles. The molecule has 5 heteroatoms. The van der Waals surface area contributed by atoms with Gasteiger partial charge < -0.3 is 19.6 Å². The van der Waals surface area contributed by atoms with E-state index in [1.807, 2.05) is 0 Å². The number of aryl methyl sites for hydroxylation is 1. The Morgan fingerprint density at radius 2 is 1.89 bits per heavy atom. The van der Waals surface area contributed by atoms with Crippen LogP contribution in [0, 0.1) is 12.8 Å². The van der Waals surface area contributed by atoms with Crippen LogP contribution in [0.15, 0.2) is 55.2 Å². The fourth-order valence-electron chi connectivity index (χ4n) is 6.26. The molecule has 2 aliphatic rings. The monoisotopic (exact) mass is 467 g/mol. The standard InChI is InChI=1S/C30H37N5/c1-21(33-15-8-12-26(31)20-33)24-14-16-34-22(2)30(32-29(34)18-24)28-17-25-11-6-7-13-27(25)35(28)19-23-9-4-3-5-10-23/h6-7,11,13-14,16-18,23,26H,1,3-5,8-10,12,15,19-20,31H2,2H3. The van der Waals surface area contributed by atoms with Crippen LogP contribution in [0.4, 0.5) is 0 Å². The van der Waals surface area contributed by atoms with Crippen molar-refractivity contribution in [3.05, 3.63) is 66.5 Å². The lowest BCUT2D eigenvalue weighted by molar-refractivity contribution is 0.296. The molecule has 6 rings (SSSR count). The molecule has 1 atom stereocenters. The Kier molecular flexibility index (Phi) is 5.89. The molecule has 1 saturated carbocycles. The zero-order valence-electron chi connectivity index (χ0n) is 20.9. The van der Waals surface area contributed by atoms with Gasteiger partial charge in [-0.25, -0.2) is 4.98 Å². The van der Waals surface area contributed by atoms with E-state index in [9.17, 15) is 0 Å². The SMILES string of the molecule is C=C(c1ccn2c(C)c(-c3cc4ccccc4n3CC3CCCCC3)nc2c1)N1CCCC(N)C1. The Labute approximate surface area is 208 Å². The molecule has 0 bridgehead atoms. The summed E-state index contributed by atoms with van der Waals surface area (Å²) in [5, 5.41) is 1.30. The van der Waals surface area contributed by atoms with Gasteiger partial charge in [-0.1, -0.05) is 44.0 Å². The first kappa shape index (κ1) is 22.4. The number of piperidine rings is 1. The van der Waals surface area contributed by atoms with E-state index in [1.165, 1.54) is 54.4 Å². The van der Waals surface area contributed by atoms with Gasteiger partial charge in [0.05, 0.1) is 5.69 Å². The molecule has 5 nitrogen and oxygen atoms in total. The highest BCUT2D eigenvalue weighted by Crippen LogP contribution is 2.34. The van der Waals surface area contributed by atoms with Crippen LogP contribution in [0.25, 0.3) is 33.6 Å². The molecule has 2 fully saturated rings. The quantitative estimate of drug-likeness (QED) is 0.378. The molecule has 4 heterocycles. The van der Waals surface area contributed by atoms with Crippen molar-refractivity contribution in [3.63, 3.8) is 0 Å². The second-order valence-corrected chi connectivity index (χ2v) is 10.7. The predicted octanol–water partition coefficient (Wildman–Crippen LogP) is 6.24. The number of imidazole rings is 1. The summed E-state index contributed by atoms with van der Waals surface area (Å²) in [6, 6.07) is 15.7. The van der Waals surface area contributed by atoms with Crippen LogP contribution in [-0.2, 0) is 6.54 Å². The average Bonchev–Trinajstić information content (AvgIpc) is 3.41. The maximum absolute atomic E-state index is 6.23. The van der Waals surface area contributed by atoms with Crippen LogP contribution in [0.5, 0.6) is 0 Å². The largest absolute Gasteiger partial charge is 0.370 e. The predicted molar refractivity (Wildman–Crippen MR) is 145 cm³/mol. The molecule has 3 aromatic heterocycles. The molecular weight excluding hydrogens is 430 g/mol. The minimum absolute atomic E-state index is 0.232. The zero-order valence-corrected chi connectivity index (χ0v) is 20.9. The summed E-state index contributed by atoms with van der Waals surface area (Å²) in [4.78, 5) is 7.52. The molecule has 1 saturated heterocycles. The van der Waals surface area contributed by atoms with Crippen LogP contribution in [-0.4, -0.2) is 38.0 Å². The van der Waals surface area contributed by atoms with Crippen LogP contribution in [0.2, 0.25) is 0 Å². The van der Waals surface area contributed by atoms with E-state index in [1.54, 1.807) is 0 Å². The van der Waals surface area contributed by atoms with Gasteiger partial charge in [0.25, 0.3) is 0 Å².